The average Bonchev–Trinajstić information content (AvgIpc) is 3.05. The second kappa shape index (κ2) is 10.8. The van der Waals surface area contributed by atoms with Crippen molar-refractivity contribution in [3.8, 4) is 16.9 Å². The Bertz CT molecular complexity index is 1060. The molecule has 4 rings (SSSR count). The van der Waals surface area contributed by atoms with Crippen molar-refractivity contribution in [1.82, 2.24) is 10.2 Å². The van der Waals surface area contributed by atoms with Gasteiger partial charge in [-0.3, -0.25) is 9.59 Å². The Kier molecular flexibility index (Phi) is 7.40. The Morgan fingerprint density at radius 1 is 0.939 bits per heavy atom. The first-order valence-corrected chi connectivity index (χ1v) is 11.4. The number of benzene rings is 3. The first kappa shape index (κ1) is 22.6. The molecule has 0 unspecified atom stereocenters. The standard InChI is InChI=1S/C28H30N2O3/c1-33-26-14-12-24(13-15-26)23-10-7-22(8-11-23)19-25-20-30(18-17-29-28(25)32)27(31)16-9-21-5-3-2-4-6-21/h2-8,10-15,25H,9,16-20H2,1H3,(H,29,32)/t25-/m1/s1. The van der Waals surface area contributed by atoms with Crippen molar-refractivity contribution in [3.63, 3.8) is 0 Å². The van der Waals surface area contributed by atoms with Crippen LogP contribution in [0.1, 0.15) is 17.5 Å². The van der Waals surface area contributed by atoms with Crippen LogP contribution in [-0.2, 0) is 22.4 Å². The van der Waals surface area contributed by atoms with Gasteiger partial charge in [0.2, 0.25) is 11.8 Å². The van der Waals surface area contributed by atoms with E-state index in [9.17, 15) is 9.59 Å². The number of nitrogens with zero attached hydrogens (tertiary/aromatic N) is 1. The lowest BCUT2D eigenvalue weighted by Crippen LogP contribution is -2.37. The minimum atomic E-state index is -0.250. The smallest absolute Gasteiger partial charge is 0.225 e. The zero-order valence-corrected chi connectivity index (χ0v) is 19.0. The highest BCUT2D eigenvalue weighted by Gasteiger charge is 2.27. The molecule has 0 spiro atoms. The third-order valence-electron chi connectivity index (χ3n) is 6.17. The van der Waals surface area contributed by atoms with Crippen molar-refractivity contribution in [2.75, 3.05) is 26.7 Å². The monoisotopic (exact) mass is 442 g/mol. The number of aryl methyl sites for hydroxylation is 1. The Hall–Kier alpha value is -3.60. The van der Waals surface area contributed by atoms with E-state index >= 15 is 0 Å². The molecule has 2 amide bonds. The average molecular weight is 443 g/mol. The number of amides is 2. The summed E-state index contributed by atoms with van der Waals surface area (Å²) in [6.45, 7) is 1.52. The van der Waals surface area contributed by atoms with Crippen molar-refractivity contribution >= 4 is 11.8 Å². The fraction of sp³-hybridized carbons (Fsp3) is 0.286. The lowest BCUT2D eigenvalue weighted by molar-refractivity contribution is -0.132. The SMILES string of the molecule is COc1ccc(-c2ccc(C[C@@H]3CN(C(=O)CCc4ccccc4)CCNC3=O)cc2)cc1. The van der Waals surface area contributed by atoms with Crippen LogP contribution in [0.3, 0.4) is 0 Å². The molecule has 33 heavy (non-hydrogen) atoms. The molecule has 1 fully saturated rings. The van der Waals surface area contributed by atoms with Gasteiger partial charge in [-0.25, -0.2) is 0 Å². The first-order chi connectivity index (χ1) is 16.1. The molecule has 1 heterocycles. The molecule has 0 saturated carbocycles. The molecule has 5 heteroatoms. The van der Waals surface area contributed by atoms with Crippen LogP contribution in [0.5, 0.6) is 5.75 Å². The number of hydrogen-bond donors (Lipinski definition) is 1. The van der Waals surface area contributed by atoms with Gasteiger partial charge < -0.3 is 15.0 Å². The summed E-state index contributed by atoms with van der Waals surface area (Å²) in [6, 6.07) is 26.3. The van der Waals surface area contributed by atoms with E-state index in [1.54, 1.807) is 7.11 Å². The van der Waals surface area contributed by atoms with E-state index in [0.29, 0.717) is 32.5 Å². The minimum Gasteiger partial charge on any atom is -0.497 e. The van der Waals surface area contributed by atoms with Crippen LogP contribution in [0.15, 0.2) is 78.9 Å². The van der Waals surface area contributed by atoms with Gasteiger partial charge in [0.05, 0.1) is 13.0 Å². The zero-order valence-electron chi connectivity index (χ0n) is 19.0. The van der Waals surface area contributed by atoms with Crippen LogP contribution < -0.4 is 10.1 Å². The van der Waals surface area contributed by atoms with E-state index in [0.717, 1.165) is 34.4 Å². The van der Waals surface area contributed by atoms with Crippen LogP contribution >= 0.6 is 0 Å². The van der Waals surface area contributed by atoms with E-state index in [1.807, 2.05) is 59.5 Å². The third-order valence-corrected chi connectivity index (χ3v) is 6.17. The summed E-state index contributed by atoms with van der Waals surface area (Å²) < 4.78 is 5.23. The Balaban J connectivity index is 1.38. The van der Waals surface area contributed by atoms with Gasteiger partial charge in [-0.05, 0) is 47.2 Å². The molecule has 3 aromatic carbocycles. The molecule has 5 nitrogen and oxygen atoms in total. The van der Waals surface area contributed by atoms with E-state index in [4.69, 9.17) is 4.74 Å². The fourth-order valence-corrected chi connectivity index (χ4v) is 4.24. The van der Waals surface area contributed by atoms with Crippen LogP contribution in [-0.4, -0.2) is 43.5 Å². The van der Waals surface area contributed by atoms with E-state index in [-0.39, 0.29) is 17.7 Å². The minimum absolute atomic E-state index is 0.0209. The van der Waals surface area contributed by atoms with Crippen molar-refractivity contribution < 1.29 is 14.3 Å². The third kappa shape index (κ3) is 6.01. The maximum Gasteiger partial charge on any atom is 0.225 e. The largest absolute Gasteiger partial charge is 0.497 e. The summed E-state index contributed by atoms with van der Waals surface area (Å²) in [5.74, 6) is 0.709. The molecule has 0 bridgehead atoms. The van der Waals surface area contributed by atoms with Gasteiger partial charge in [0, 0.05) is 26.1 Å². The number of methoxy groups -OCH3 is 1. The summed E-state index contributed by atoms with van der Waals surface area (Å²) >= 11 is 0. The molecule has 1 aliphatic heterocycles. The van der Waals surface area contributed by atoms with Gasteiger partial charge in [0.25, 0.3) is 0 Å². The van der Waals surface area contributed by atoms with Gasteiger partial charge >= 0.3 is 0 Å². The molecule has 0 aromatic heterocycles. The van der Waals surface area contributed by atoms with Crippen LogP contribution in [0.25, 0.3) is 11.1 Å². The number of rotatable bonds is 7. The van der Waals surface area contributed by atoms with Crippen molar-refractivity contribution in [2.45, 2.75) is 19.3 Å². The van der Waals surface area contributed by atoms with Crippen LogP contribution in [0.4, 0.5) is 0 Å². The quantitative estimate of drug-likeness (QED) is 0.599. The summed E-state index contributed by atoms with van der Waals surface area (Å²) in [5, 5.41) is 2.98. The maximum atomic E-state index is 12.9. The number of hydrogen-bond acceptors (Lipinski definition) is 3. The number of ether oxygens (including phenoxy) is 1. The van der Waals surface area contributed by atoms with Gasteiger partial charge in [-0.15, -0.1) is 0 Å². The Morgan fingerprint density at radius 3 is 2.27 bits per heavy atom. The van der Waals surface area contributed by atoms with Gasteiger partial charge in [0.1, 0.15) is 5.75 Å². The molecule has 1 N–H and O–H groups in total. The molecular formula is C28H30N2O3. The topological polar surface area (TPSA) is 58.6 Å². The molecule has 1 atom stereocenters. The van der Waals surface area contributed by atoms with Gasteiger partial charge in [-0.2, -0.15) is 0 Å². The van der Waals surface area contributed by atoms with Crippen LogP contribution in [0.2, 0.25) is 0 Å². The van der Waals surface area contributed by atoms with Crippen molar-refractivity contribution in [2.24, 2.45) is 5.92 Å². The lowest BCUT2D eigenvalue weighted by Gasteiger charge is -2.23. The van der Waals surface area contributed by atoms with E-state index < -0.39 is 0 Å². The van der Waals surface area contributed by atoms with E-state index in [1.165, 1.54) is 0 Å². The van der Waals surface area contributed by atoms with Gasteiger partial charge in [0.15, 0.2) is 0 Å². The number of nitrogens with one attached hydrogen (secondary N) is 1. The van der Waals surface area contributed by atoms with Gasteiger partial charge in [-0.1, -0.05) is 66.7 Å². The van der Waals surface area contributed by atoms with Crippen molar-refractivity contribution in [3.05, 3.63) is 90.0 Å². The molecule has 170 valence electrons. The Labute approximate surface area is 195 Å². The summed E-state index contributed by atoms with van der Waals surface area (Å²) in [6.07, 6.45) is 1.79. The molecule has 0 aliphatic carbocycles. The molecule has 1 saturated heterocycles. The fourth-order valence-electron chi connectivity index (χ4n) is 4.24. The highest BCUT2D eigenvalue weighted by molar-refractivity contribution is 5.82. The summed E-state index contributed by atoms with van der Waals surface area (Å²) in [4.78, 5) is 27.4. The second-order valence-corrected chi connectivity index (χ2v) is 8.44. The predicted molar refractivity (Wildman–Crippen MR) is 130 cm³/mol. The highest BCUT2D eigenvalue weighted by Crippen LogP contribution is 2.24. The normalized spacial score (nSPS) is 16.1. The molecular weight excluding hydrogens is 412 g/mol. The van der Waals surface area contributed by atoms with Crippen molar-refractivity contribution in [1.29, 1.82) is 0 Å². The molecule has 0 radical (unpaired) electrons. The van der Waals surface area contributed by atoms with E-state index in [2.05, 4.69) is 29.6 Å². The first-order valence-electron chi connectivity index (χ1n) is 11.4. The molecule has 3 aromatic rings. The molecule has 1 aliphatic rings. The zero-order chi connectivity index (χ0) is 23.0. The number of carbonyl (C=O) groups excluding carboxylic acids is 2. The second-order valence-electron chi connectivity index (χ2n) is 8.44. The summed E-state index contributed by atoms with van der Waals surface area (Å²) in [7, 11) is 1.66. The van der Waals surface area contributed by atoms with Crippen LogP contribution in [0, 0.1) is 5.92 Å². The predicted octanol–water partition coefficient (Wildman–Crippen LogP) is 4.11. The summed E-state index contributed by atoms with van der Waals surface area (Å²) in [5.41, 5.74) is 4.48. The lowest BCUT2D eigenvalue weighted by atomic mass is 9.96. The maximum absolute atomic E-state index is 12.9. The number of carbonyl (C=O) groups is 2. The Morgan fingerprint density at radius 2 is 1.61 bits per heavy atom. The highest BCUT2D eigenvalue weighted by atomic mass is 16.5.